The second-order valence-electron chi connectivity index (χ2n) is 2.81. The zero-order valence-corrected chi connectivity index (χ0v) is 6.20. The van der Waals surface area contributed by atoms with Gasteiger partial charge in [0.15, 0.2) is 0 Å². The molecule has 1 heterocycles. The normalized spacial score (nSPS) is 26.8. The fraction of sp³-hybridized carbons (Fsp3) is 0.375. The van der Waals surface area contributed by atoms with E-state index >= 15 is 0 Å². The van der Waals surface area contributed by atoms with Gasteiger partial charge >= 0.3 is 0 Å². The van der Waals surface area contributed by atoms with Crippen LogP contribution in [0.3, 0.4) is 0 Å². The van der Waals surface area contributed by atoms with Crippen LogP contribution in [0.4, 0.5) is 0 Å². The van der Waals surface area contributed by atoms with Crippen molar-refractivity contribution in [3.63, 3.8) is 0 Å². The summed E-state index contributed by atoms with van der Waals surface area (Å²) in [5, 5.41) is 0. The maximum Gasteiger partial charge on any atom is 0.0955 e. The number of rotatable bonds is 1. The summed E-state index contributed by atoms with van der Waals surface area (Å²) in [5.74, 6) is 0. The van der Waals surface area contributed by atoms with Crippen LogP contribution in [0.2, 0.25) is 0 Å². The number of allylic oxidation sites excluding steroid dienone is 1. The van der Waals surface area contributed by atoms with Crippen LogP contribution in [-0.4, -0.2) is 31.3 Å². The van der Waals surface area contributed by atoms with Crippen molar-refractivity contribution in [2.75, 3.05) is 14.1 Å². The van der Waals surface area contributed by atoms with Crippen LogP contribution >= 0.6 is 0 Å². The standard InChI is InChI=1S/C8H10N2/c1-10(2)8-3-4-9-7-5-6(7)8/h3-5,7H,1-2H3/t7-/m0/s1. The first kappa shape index (κ1) is 5.71. The van der Waals surface area contributed by atoms with Gasteiger partial charge in [-0.05, 0) is 12.2 Å². The quantitative estimate of drug-likeness (QED) is 0.518. The Hall–Kier alpha value is -1.05. The lowest BCUT2D eigenvalue weighted by molar-refractivity contribution is 0.523. The topological polar surface area (TPSA) is 15.6 Å². The van der Waals surface area contributed by atoms with Gasteiger partial charge in [0, 0.05) is 31.6 Å². The van der Waals surface area contributed by atoms with Gasteiger partial charge in [-0.3, -0.25) is 4.99 Å². The van der Waals surface area contributed by atoms with Crippen molar-refractivity contribution in [2.24, 2.45) is 4.99 Å². The zero-order valence-electron chi connectivity index (χ0n) is 6.20. The second kappa shape index (κ2) is 1.72. The fourth-order valence-corrected chi connectivity index (χ4v) is 1.19. The van der Waals surface area contributed by atoms with Crippen LogP contribution in [-0.2, 0) is 0 Å². The molecule has 0 saturated carbocycles. The molecule has 0 bridgehead atoms. The summed E-state index contributed by atoms with van der Waals surface area (Å²) in [7, 11) is 4.11. The molecule has 1 aliphatic carbocycles. The smallest absolute Gasteiger partial charge is 0.0955 e. The van der Waals surface area contributed by atoms with Crippen molar-refractivity contribution in [3.8, 4) is 0 Å². The molecule has 0 aromatic carbocycles. The SMILES string of the molecule is CN(C)C1=CC=N[C@H]2C=C12. The number of hydrogen-bond acceptors (Lipinski definition) is 2. The van der Waals surface area contributed by atoms with Crippen molar-refractivity contribution in [2.45, 2.75) is 6.04 Å². The van der Waals surface area contributed by atoms with Crippen LogP contribution in [0.1, 0.15) is 0 Å². The maximum absolute atomic E-state index is 4.22. The third kappa shape index (κ3) is 0.685. The van der Waals surface area contributed by atoms with Gasteiger partial charge in [-0.2, -0.15) is 0 Å². The van der Waals surface area contributed by atoms with Crippen molar-refractivity contribution in [1.29, 1.82) is 0 Å². The summed E-state index contributed by atoms with van der Waals surface area (Å²) in [6, 6.07) is 0.419. The first-order valence-corrected chi connectivity index (χ1v) is 3.42. The van der Waals surface area contributed by atoms with E-state index < -0.39 is 0 Å². The van der Waals surface area contributed by atoms with E-state index in [0.29, 0.717) is 6.04 Å². The predicted octanol–water partition coefficient (Wildman–Crippen LogP) is 0.825. The molecule has 10 heavy (non-hydrogen) atoms. The van der Waals surface area contributed by atoms with Crippen LogP contribution < -0.4 is 0 Å². The highest BCUT2D eigenvalue weighted by Crippen LogP contribution is 2.33. The Kier molecular flexibility index (Phi) is 0.982. The van der Waals surface area contributed by atoms with Gasteiger partial charge < -0.3 is 4.90 Å². The van der Waals surface area contributed by atoms with Gasteiger partial charge in [-0.15, -0.1) is 0 Å². The lowest BCUT2D eigenvalue weighted by Crippen LogP contribution is -2.13. The highest BCUT2D eigenvalue weighted by molar-refractivity contribution is 5.79. The molecular formula is C8H10N2. The lowest BCUT2D eigenvalue weighted by Gasteiger charge is -2.16. The highest BCUT2D eigenvalue weighted by Gasteiger charge is 2.29. The van der Waals surface area contributed by atoms with Crippen molar-refractivity contribution >= 4 is 6.21 Å². The minimum Gasteiger partial charge on any atom is -0.377 e. The maximum atomic E-state index is 4.22. The average Bonchev–Trinajstić information content (AvgIpc) is 2.63. The molecule has 0 radical (unpaired) electrons. The Morgan fingerprint density at radius 2 is 2.30 bits per heavy atom. The van der Waals surface area contributed by atoms with E-state index in [2.05, 4.69) is 36.1 Å². The molecule has 1 aliphatic heterocycles. The van der Waals surface area contributed by atoms with Gasteiger partial charge in [0.25, 0.3) is 0 Å². The Morgan fingerprint density at radius 3 is 2.90 bits per heavy atom. The van der Waals surface area contributed by atoms with E-state index in [1.54, 1.807) is 0 Å². The van der Waals surface area contributed by atoms with Gasteiger partial charge in [0.2, 0.25) is 0 Å². The van der Waals surface area contributed by atoms with E-state index in [1.165, 1.54) is 11.3 Å². The zero-order chi connectivity index (χ0) is 7.14. The van der Waals surface area contributed by atoms with E-state index in [0.717, 1.165) is 0 Å². The molecule has 0 spiro atoms. The average molecular weight is 134 g/mol. The van der Waals surface area contributed by atoms with Crippen molar-refractivity contribution in [3.05, 3.63) is 23.4 Å². The van der Waals surface area contributed by atoms with E-state index in [1.807, 2.05) is 6.21 Å². The molecule has 0 saturated heterocycles. The number of nitrogens with zero attached hydrogens (tertiary/aromatic N) is 2. The number of dihydropyridines is 1. The minimum absolute atomic E-state index is 0.419. The van der Waals surface area contributed by atoms with Crippen molar-refractivity contribution < 1.29 is 0 Å². The first-order chi connectivity index (χ1) is 4.79. The molecule has 0 N–H and O–H groups in total. The van der Waals surface area contributed by atoms with Crippen LogP contribution in [0.5, 0.6) is 0 Å². The van der Waals surface area contributed by atoms with Gasteiger partial charge in [-0.25, -0.2) is 0 Å². The number of likely N-dealkylation sites (N-methyl/N-ethyl adjacent to an activating group) is 1. The highest BCUT2D eigenvalue weighted by atomic mass is 15.1. The van der Waals surface area contributed by atoms with Crippen LogP contribution in [0.25, 0.3) is 0 Å². The molecule has 0 fully saturated rings. The molecule has 2 aliphatic rings. The van der Waals surface area contributed by atoms with Crippen molar-refractivity contribution in [1.82, 2.24) is 4.90 Å². The lowest BCUT2D eigenvalue weighted by atomic mass is 10.2. The Morgan fingerprint density at radius 1 is 1.50 bits per heavy atom. The monoisotopic (exact) mass is 134 g/mol. The summed E-state index contributed by atoms with van der Waals surface area (Å²) < 4.78 is 0. The minimum atomic E-state index is 0.419. The summed E-state index contributed by atoms with van der Waals surface area (Å²) >= 11 is 0. The molecule has 0 unspecified atom stereocenters. The van der Waals surface area contributed by atoms with Gasteiger partial charge in [-0.1, -0.05) is 0 Å². The largest absolute Gasteiger partial charge is 0.377 e. The summed E-state index contributed by atoms with van der Waals surface area (Å²) in [4.78, 5) is 6.34. The molecule has 2 rings (SSSR count). The fourth-order valence-electron chi connectivity index (χ4n) is 1.19. The molecular weight excluding hydrogens is 124 g/mol. The Labute approximate surface area is 60.6 Å². The molecule has 2 heteroatoms. The molecule has 0 amide bonds. The number of hydrogen-bond donors (Lipinski definition) is 0. The summed E-state index contributed by atoms with van der Waals surface area (Å²) in [5.41, 5.74) is 2.69. The molecule has 2 nitrogen and oxygen atoms in total. The number of aliphatic imine (C=N–C) groups is 1. The van der Waals surface area contributed by atoms with Crippen LogP contribution in [0.15, 0.2) is 28.4 Å². The van der Waals surface area contributed by atoms with Gasteiger partial charge in [0.05, 0.1) is 6.04 Å². The molecule has 0 aromatic heterocycles. The molecule has 1 atom stereocenters. The third-order valence-electron chi connectivity index (χ3n) is 1.80. The summed E-state index contributed by atoms with van der Waals surface area (Å²) in [6.45, 7) is 0. The predicted molar refractivity (Wildman–Crippen MR) is 42.1 cm³/mol. The second-order valence-corrected chi connectivity index (χ2v) is 2.81. The third-order valence-corrected chi connectivity index (χ3v) is 1.80. The first-order valence-electron chi connectivity index (χ1n) is 3.42. The molecule has 0 aromatic rings. The molecule has 52 valence electrons. The van der Waals surface area contributed by atoms with E-state index in [9.17, 15) is 0 Å². The van der Waals surface area contributed by atoms with E-state index in [4.69, 9.17) is 0 Å². The summed E-state index contributed by atoms with van der Waals surface area (Å²) in [6.07, 6.45) is 6.11. The Balaban J connectivity index is 2.27. The van der Waals surface area contributed by atoms with E-state index in [-0.39, 0.29) is 0 Å². The van der Waals surface area contributed by atoms with Gasteiger partial charge in [0.1, 0.15) is 0 Å². The Bertz CT molecular complexity index is 246. The number of fused-ring (bicyclic) bond motifs is 1. The van der Waals surface area contributed by atoms with Crippen LogP contribution in [0, 0.1) is 0 Å².